The van der Waals surface area contributed by atoms with Gasteiger partial charge in [0.25, 0.3) is 0 Å². The Kier molecular flexibility index (Phi) is 4.27. The number of ether oxygens (including phenoxy) is 2. The summed E-state index contributed by atoms with van der Waals surface area (Å²) in [6.45, 7) is 5.14. The first kappa shape index (κ1) is 11.1. The van der Waals surface area contributed by atoms with Gasteiger partial charge in [-0.25, -0.2) is 0 Å². The van der Waals surface area contributed by atoms with Crippen LogP contribution in [-0.4, -0.2) is 33.7 Å². The zero-order valence-electron chi connectivity index (χ0n) is 8.82. The summed E-state index contributed by atoms with van der Waals surface area (Å²) in [6, 6.07) is -0.0677. The summed E-state index contributed by atoms with van der Waals surface area (Å²) in [7, 11) is 7.61. The summed E-state index contributed by atoms with van der Waals surface area (Å²) in [6.07, 6.45) is 2.50. The van der Waals surface area contributed by atoms with Crippen molar-refractivity contribution in [3.63, 3.8) is 0 Å². The van der Waals surface area contributed by atoms with Crippen LogP contribution in [0.3, 0.4) is 0 Å². The van der Waals surface area contributed by atoms with E-state index in [1.54, 1.807) is 7.11 Å². The fourth-order valence-electron chi connectivity index (χ4n) is 2.01. The van der Waals surface area contributed by atoms with Crippen molar-refractivity contribution in [3.8, 4) is 0 Å². The van der Waals surface area contributed by atoms with Crippen molar-refractivity contribution in [1.82, 2.24) is 0 Å². The molecule has 0 aromatic rings. The monoisotopic (exact) mass is 182 g/mol. The normalized spacial score (nSPS) is 39.6. The third kappa shape index (κ3) is 2.71. The standard InChI is InChI=1S/C10H19BO2/c1-7-8(2)13-10(11)9(7)5-4-6-12-3/h7-10H,4-6H2,1-3H3/t7?,8-,9-,10-/m1/s1. The van der Waals surface area contributed by atoms with Crippen molar-refractivity contribution in [2.24, 2.45) is 11.8 Å². The summed E-state index contributed by atoms with van der Waals surface area (Å²) in [5.41, 5.74) is 0. The summed E-state index contributed by atoms with van der Waals surface area (Å²) in [4.78, 5) is 0. The molecule has 2 nitrogen and oxygen atoms in total. The van der Waals surface area contributed by atoms with Crippen molar-refractivity contribution in [3.05, 3.63) is 0 Å². The van der Waals surface area contributed by atoms with Crippen molar-refractivity contribution in [2.75, 3.05) is 13.7 Å². The van der Waals surface area contributed by atoms with E-state index in [2.05, 4.69) is 13.8 Å². The predicted molar refractivity (Wildman–Crippen MR) is 53.9 cm³/mol. The third-order valence-electron chi connectivity index (χ3n) is 3.10. The maximum absolute atomic E-state index is 5.88. The second-order valence-corrected chi connectivity index (χ2v) is 3.96. The molecular formula is C10H19BO2. The first-order chi connectivity index (χ1) is 6.16. The highest BCUT2D eigenvalue weighted by Crippen LogP contribution is 2.33. The SMILES string of the molecule is [B][C@@H]1O[C@H](C)C(C)[C@H]1CCCOC. The Morgan fingerprint density at radius 3 is 2.54 bits per heavy atom. The number of hydrogen-bond acceptors (Lipinski definition) is 2. The number of hydrogen-bond donors (Lipinski definition) is 0. The van der Waals surface area contributed by atoms with E-state index >= 15 is 0 Å². The molecule has 0 spiro atoms. The summed E-state index contributed by atoms with van der Waals surface area (Å²) in [5.74, 6) is 1.08. The molecule has 1 saturated heterocycles. The molecule has 2 radical (unpaired) electrons. The van der Waals surface area contributed by atoms with Gasteiger partial charge < -0.3 is 9.47 Å². The van der Waals surface area contributed by atoms with Gasteiger partial charge in [-0.2, -0.15) is 0 Å². The van der Waals surface area contributed by atoms with Gasteiger partial charge in [-0.15, -0.1) is 0 Å². The molecule has 0 aromatic heterocycles. The molecule has 1 fully saturated rings. The lowest BCUT2D eigenvalue weighted by Crippen LogP contribution is -2.20. The molecule has 0 saturated carbocycles. The average molecular weight is 182 g/mol. The Morgan fingerprint density at radius 1 is 1.38 bits per heavy atom. The minimum absolute atomic E-state index is 0.0677. The Labute approximate surface area is 82.4 Å². The van der Waals surface area contributed by atoms with Crippen LogP contribution in [0.25, 0.3) is 0 Å². The minimum atomic E-state index is -0.0677. The summed E-state index contributed by atoms with van der Waals surface area (Å²) >= 11 is 0. The van der Waals surface area contributed by atoms with Crippen molar-refractivity contribution in [1.29, 1.82) is 0 Å². The van der Waals surface area contributed by atoms with Gasteiger partial charge in [-0.05, 0) is 31.6 Å². The molecule has 1 rings (SSSR count). The Bertz CT molecular complexity index is 152. The van der Waals surface area contributed by atoms with E-state index in [9.17, 15) is 0 Å². The van der Waals surface area contributed by atoms with Crippen LogP contribution >= 0.6 is 0 Å². The summed E-state index contributed by atoms with van der Waals surface area (Å²) in [5, 5.41) is 0. The molecule has 0 amide bonds. The molecule has 74 valence electrons. The second kappa shape index (κ2) is 5.01. The Balaban J connectivity index is 2.31. The fourth-order valence-corrected chi connectivity index (χ4v) is 2.01. The van der Waals surface area contributed by atoms with Gasteiger partial charge in [0.15, 0.2) is 0 Å². The molecule has 1 aliphatic heterocycles. The number of methoxy groups -OCH3 is 1. The van der Waals surface area contributed by atoms with E-state index in [-0.39, 0.29) is 6.00 Å². The minimum Gasteiger partial charge on any atom is -0.385 e. The van der Waals surface area contributed by atoms with E-state index < -0.39 is 0 Å². The Morgan fingerprint density at radius 2 is 2.08 bits per heavy atom. The maximum atomic E-state index is 5.88. The molecule has 1 aliphatic rings. The van der Waals surface area contributed by atoms with Crippen LogP contribution < -0.4 is 0 Å². The van der Waals surface area contributed by atoms with E-state index in [1.165, 1.54) is 0 Å². The average Bonchev–Trinajstić information content (AvgIpc) is 2.32. The zero-order chi connectivity index (χ0) is 9.84. The van der Waals surface area contributed by atoms with Gasteiger partial charge in [0.1, 0.15) is 7.85 Å². The molecule has 13 heavy (non-hydrogen) atoms. The van der Waals surface area contributed by atoms with Crippen LogP contribution in [0, 0.1) is 11.8 Å². The topological polar surface area (TPSA) is 18.5 Å². The highest BCUT2D eigenvalue weighted by Gasteiger charge is 2.35. The van der Waals surface area contributed by atoms with Gasteiger partial charge in [-0.1, -0.05) is 6.92 Å². The van der Waals surface area contributed by atoms with Crippen molar-refractivity contribution >= 4 is 7.85 Å². The summed E-state index contributed by atoms with van der Waals surface area (Å²) < 4.78 is 10.6. The van der Waals surface area contributed by atoms with Gasteiger partial charge in [-0.3, -0.25) is 0 Å². The molecular weight excluding hydrogens is 163 g/mol. The van der Waals surface area contributed by atoms with E-state index in [1.807, 2.05) is 0 Å². The first-order valence-corrected chi connectivity index (χ1v) is 5.06. The predicted octanol–water partition coefficient (Wildman–Crippen LogP) is 1.58. The molecule has 4 atom stereocenters. The lowest BCUT2D eigenvalue weighted by Gasteiger charge is -2.18. The molecule has 0 aliphatic carbocycles. The van der Waals surface area contributed by atoms with Crippen LogP contribution in [0.15, 0.2) is 0 Å². The smallest absolute Gasteiger partial charge is 0.109 e. The molecule has 3 heteroatoms. The quantitative estimate of drug-likeness (QED) is 0.485. The number of rotatable bonds is 4. The molecule has 0 aromatic carbocycles. The Hall–Kier alpha value is -0.0151. The highest BCUT2D eigenvalue weighted by atomic mass is 16.5. The maximum Gasteiger partial charge on any atom is 0.109 e. The van der Waals surface area contributed by atoms with Crippen molar-refractivity contribution < 1.29 is 9.47 Å². The zero-order valence-corrected chi connectivity index (χ0v) is 8.82. The largest absolute Gasteiger partial charge is 0.385 e. The molecule has 1 unspecified atom stereocenters. The second-order valence-electron chi connectivity index (χ2n) is 3.96. The van der Waals surface area contributed by atoms with Gasteiger partial charge in [0, 0.05) is 19.7 Å². The van der Waals surface area contributed by atoms with Crippen LogP contribution in [0.1, 0.15) is 26.7 Å². The lowest BCUT2D eigenvalue weighted by atomic mass is 9.78. The molecule has 0 bridgehead atoms. The van der Waals surface area contributed by atoms with Crippen molar-refractivity contribution in [2.45, 2.75) is 38.8 Å². The van der Waals surface area contributed by atoms with Gasteiger partial charge in [0.05, 0.1) is 6.10 Å². The van der Waals surface area contributed by atoms with Crippen LogP contribution in [0.4, 0.5) is 0 Å². The van der Waals surface area contributed by atoms with Crippen LogP contribution in [0.5, 0.6) is 0 Å². The molecule has 0 N–H and O–H groups in total. The van der Waals surface area contributed by atoms with E-state index in [0.717, 1.165) is 19.4 Å². The van der Waals surface area contributed by atoms with Gasteiger partial charge >= 0.3 is 0 Å². The lowest BCUT2D eigenvalue weighted by molar-refractivity contribution is 0.0838. The fraction of sp³-hybridized carbons (Fsp3) is 1.00. The van der Waals surface area contributed by atoms with Crippen LogP contribution in [0.2, 0.25) is 0 Å². The van der Waals surface area contributed by atoms with E-state index in [0.29, 0.717) is 17.9 Å². The molecule has 1 heterocycles. The van der Waals surface area contributed by atoms with Gasteiger partial charge in [0.2, 0.25) is 0 Å². The first-order valence-electron chi connectivity index (χ1n) is 5.06. The van der Waals surface area contributed by atoms with Crippen LogP contribution in [-0.2, 0) is 9.47 Å². The van der Waals surface area contributed by atoms with E-state index in [4.69, 9.17) is 17.3 Å². The highest BCUT2D eigenvalue weighted by molar-refractivity contribution is 6.11. The third-order valence-corrected chi connectivity index (χ3v) is 3.10.